The van der Waals surface area contributed by atoms with Gasteiger partial charge in [-0.05, 0) is 43.0 Å². The van der Waals surface area contributed by atoms with Gasteiger partial charge in [0.25, 0.3) is 0 Å². The van der Waals surface area contributed by atoms with Crippen LogP contribution in [-0.4, -0.2) is 0 Å². The third-order valence-corrected chi connectivity index (χ3v) is 4.90. The molecule has 1 aliphatic rings. The van der Waals surface area contributed by atoms with E-state index in [2.05, 4.69) is 37.3 Å². The first-order valence-corrected chi connectivity index (χ1v) is 8.04. The number of benzene rings is 2. The summed E-state index contributed by atoms with van der Waals surface area (Å²) in [6.45, 7) is 2.14. The molecular formula is C20H23F. The smallest absolute Gasteiger partial charge is 0.123 e. The van der Waals surface area contributed by atoms with Gasteiger partial charge in [-0.25, -0.2) is 4.39 Å². The summed E-state index contributed by atoms with van der Waals surface area (Å²) in [5, 5.41) is 0. The monoisotopic (exact) mass is 282 g/mol. The van der Waals surface area contributed by atoms with Crippen LogP contribution < -0.4 is 0 Å². The predicted octanol–water partition coefficient (Wildman–Crippen LogP) is 5.77. The molecule has 0 radical (unpaired) electrons. The van der Waals surface area contributed by atoms with Crippen LogP contribution in [0.2, 0.25) is 0 Å². The van der Waals surface area contributed by atoms with Crippen molar-refractivity contribution in [2.75, 3.05) is 0 Å². The molecule has 2 aromatic rings. The fourth-order valence-electron chi connectivity index (χ4n) is 3.81. The fourth-order valence-corrected chi connectivity index (χ4v) is 3.81. The lowest BCUT2D eigenvalue weighted by Gasteiger charge is -2.34. The van der Waals surface area contributed by atoms with Gasteiger partial charge in [-0.15, -0.1) is 0 Å². The lowest BCUT2D eigenvalue weighted by Crippen LogP contribution is -2.27. The molecule has 1 saturated carbocycles. The minimum atomic E-state index is -0.122. The van der Waals surface area contributed by atoms with Crippen molar-refractivity contribution in [2.45, 2.75) is 50.9 Å². The van der Waals surface area contributed by atoms with Crippen molar-refractivity contribution in [1.29, 1.82) is 0 Å². The van der Waals surface area contributed by atoms with E-state index in [1.165, 1.54) is 36.8 Å². The number of halogens is 1. The van der Waals surface area contributed by atoms with Crippen molar-refractivity contribution in [1.82, 2.24) is 0 Å². The van der Waals surface area contributed by atoms with Crippen molar-refractivity contribution in [3.05, 3.63) is 71.0 Å². The van der Waals surface area contributed by atoms with Gasteiger partial charge in [0.2, 0.25) is 0 Å². The number of hydrogen-bond acceptors (Lipinski definition) is 0. The normalized spacial score (nSPS) is 18.2. The van der Waals surface area contributed by atoms with E-state index in [1.807, 2.05) is 6.07 Å². The molecule has 1 fully saturated rings. The van der Waals surface area contributed by atoms with Crippen LogP contribution in [-0.2, 0) is 5.41 Å². The standard InChI is InChI=1S/C20H23F/c1-16-8-6-9-17(14-16)20(12-4-2-3-5-13-20)18-10-7-11-19(21)15-18/h6-11,14-15H,2-5,12-13H2,1H3. The Morgan fingerprint density at radius 1 is 0.810 bits per heavy atom. The summed E-state index contributed by atoms with van der Waals surface area (Å²) in [6.07, 6.45) is 7.29. The second-order valence-corrected chi connectivity index (χ2v) is 6.38. The summed E-state index contributed by atoms with van der Waals surface area (Å²) >= 11 is 0. The summed E-state index contributed by atoms with van der Waals surface area (Å²) < 4.78 is 13.8. The molecule has 0 aromatic heterocycles. The Hall–Kier alpha value is -1.63. The second kappa shape index (κ2) is 6.01. The van der Waals surface area contributed by atoms with Crippen LogP contribution in [0.15, 0.2) is 48.5 Å². The molecule has 0 spiro atoms. The molecule has 0 unspecified atom stereocenters. The molecule has 1 heteroatoms. The Kier molecular flexibility index (Phi) is 4.10. The van der Waals surface area contributed by atoms with E-state index in [1.54, 1.807) is 12.1 Å². The van der Waals surface area contributed by atoms with Gasteiger partial charge in [0.05, 0.1) is 0 Å². The Balaban J connectivity index is 2.14. The van der Waals surface area contributed by atoms with E-state index in [-0.39, 0.29) is 11.2 Å². The Bertz CT molecular complexity index is 559. The molecule has 2 aromatic carbocycles. The molecule has 21 heavy (non-hydrogen) atoms. The van der Waals surface area contributed by atoms with Crippen LogP contribution in [0.4, 0.5) is 4.39 Å². The van der Waals surface area contributed by atoms with E-state index in [0.29, 0.717) is 0 Å². The average Bonchev–Trinajstić information content (AvgIpc) is 2.74. The van der Waals surface area contributed by atoms with Crippen molar-refractivity contribution >= 4 is 0 Å². The third-order valence-electron chi connectivity index (χ3n) is 4.90. The summed E-state index contributed by atoms with van der Waals surface area (Å²) in [4.78, 5) is 0. The van der Waals surface area contributed by atoms with Crippen LogP contribution in [0, 0.1) is 12.7 Å². The van der Waals surface area contributed by atoms with Gasteiger partial charge in [0.15, 0.2) is 0 Å². The first kappa shape index (κ1) is 14.3. The maximum atomic E-state index is 13.8. The largest absolute Gasteiger partial charge is 0.207 e. The van der Waals surface area contributed by atoms with E-state index >= 15 is 0 Å². The Morgan fingerprint density at radius 2 is 1.43 bits per heavy atom. The molecule has 110 valence electrons. The lowest BCUT2D eigenvalue weighted by molar-refractivity contribution is 0.442. The van der Waals surface area contributed by atoms with Crippen LogP contribution in [0.3, 0.4) is 0 Å². The number of hydrogen-bond donors (Lipinski definition) is 0. The molecule has 1 aliphatic carbocycles. The average molecular weight is 282 g/mol. The van der Waals surface area contributed by atoms with Gasteiger partial charge < -0.3 is 0 Å². The van der Waals surface area contributed by atoms with E-state index in [9.17, 15) is 4.39 Å². The first-order valence-electron chi connectivity index (χ1n) is 8.04. The molecule has 0 aliphatic heterocycles. The molecule has 0 atom stereocenters. The number of aryl methyl sites for hydroxylation is 1. The van der Waals surface area contributed by atoms with Gasteiger partial charge in [0, 0.05) is 5.41 Å². The van der Waals surface area contributed by atoms with Crippen molar-refractivity contribution in [3.63, 3.8) is 0 Å². The summed E-state index contributed by atoms with van der Waals surface area (Å²) in [5.74, 6) is -0.122. The maximum Gasteiger partial charge on any atom is 0.123 e. The van der Waals surface area contributed by atoms with Gasteiger partial charge in [-0.2, -0.15) is 0 Å². The van der Waals surface area contributed by atoms with Gasteiger partial charge in [-0.3, -0.25) is 0 Å². The van der Waals surface area contributed by atoms with Crippen molar-refractivity contribution in [2.24, 2.45) is 0 Å². The predicted molar refractivity (Wildman–Crippen MR) is 86.1 cm³/mol. The highest BCUT2D eigenvalue weighted by atomic mass is 19.1. The van der Waals surface area contributed by atoms with Crippen LogP contribution in [0.25, 0.3) is 0 Å². The maximum absolute atomic E-state index is 13.8. The van der Waals surface area contributed by atoms with Gasteiger partial charge >= 0.3 is 0 Å². The number of rotatable bonds is 2. The molecule has 0 heterocycles. The van der Waals surface area contributed by atoms with Crippen molar-refractivity contribution in [3.8, 4) is 0 Å². The van der Waals surface area contributed by atoms with Crippen LogP contribution in [0.1, 0.15) is 55.2 Å². The van der Waals surface area contributed by atoms with Crippen LogP contribution >= 0.6 is 0 Å². The fraction of sp³-hybridized carbons (Fsp3) is 0.400. The summed E-state index contributed by atoms with van der Waals surface area (Å²) in [7, 11) is 0. The summed E-state index contributed by atoms with van der Waals surface area (Å²) in [5.41, 5.74) is 3.78. The molecule has 3 rings (SSSR count). The lowest BCUT2D eigenvalue weighted by atomic mass is 9.69. The molecule has 0 saturated heterocycles. The van der Waals surface area contributed by atoms with E-state index in [0.717, 1.165) is 18.4 Å². The zero-order valence-corrected chi connectivity index (χ0v) is 12.7. The highest BCUT2D eigenvalue weighted by Crippen LogP contribution is 2.44. The van der Waals surface area contributed by atoms with Crippen molar-refractivity contribution < 1.29 is 4.39 Å². The van der Waals surface area contributed by atoms with Gasteiger partial charge in [-0.1, -0.05) is 67.6 Å². The summed E-state index contributed by atoms with van der Waals surface area (Å²) in [6, 6.07) is 16.0. The highest BCUT2D eigenvalue weighted by Gasteiger charge is 2.34. The molecular weight excluding hydrogens is 259 g/mol. The van der Waals surface area contributed by atoms with E-state index < -0.39 is 0 Å². The second-order valence-electron chi connectivity index (χ2n) is 6.38. The Labute approximate surface area is 127 Å². The molecule has 0 N–H and O–H groups in total. The van der Waals surface area contributed by atoms with Crippen LogP contribution in [0.5, 0.6) is 0 Å². The molecule has 0 amide bonds. The van der Waals surface area contributed by atoms with Gasteiger partial charge in [0.1, 0.15) is 5.82 Å². The zero-order chi connectivity index (χ0) is 14.7. The third kappa shape index (κ3) is 2.88. The van der Waals surface area contributed by atoms with E-state index in [4.69, 9.17) is 0 Å². The SMILES string of the molecule is Cc1cccc(C2(c3cccc(F)c3)CCCCCC2)c1. The zero-order valence-electron chi connectivity index (χ0n) is 12.7. The molecule has 0 bridgehead atoms. The molecule has 0 nitrogen and oxygen atoms in total. The first-order chi connectivity index (χ1) is 10.2. The quantitative estimate of drug-likeness (QED) is 0.613. The minimum Gasteiger partial charge on any atom is -0.207 e. The highest BCUT2D eigenvalue weighted by molar-refractivity contribution is 5.41. The topological polar surface area (TPSA) is 0 Å². The minimum absolute atomic E-state index is 0.00931. The Morgan fingerprint density at radius 3 is 2.05 bits per heavy atom.